The lowest BCUT2D eigenvalue weighted by Crippen LogP contribution is -2.20. The molecule has 2 rings (SSSR count). The highest BCUT2D eigenvalue weighted by Crippen LogP contribution is 2.22. The van der Waals surface area contributed by atoms with Crippen LogP contribution in [0.15, 0.2) is 48.5 Å². The van der Waals surface area contributed by atoms with Crippen LogP contribution in [0.3, 0.4) is 0 Å². The Morgan fingerprint density at radius 3 is 2.67 bits per heavy atom. The summed E-state index contributed by atoms with van der Waals surface area (Å²) in [6.45, 7) is 1.74. The van der Waals surface area contributed by atoms with Crippen LogP contribution in [0.2, 0.25) is 10.0 Å². The first kappa shape index (κ1) is 18.5. The molecule has 5 heteroatoms. The molecule has 1 N–H and O–H groups in total. The second kappa shape index (κ2) is 8.88. The van der Waals surface area contributed by atoms with E-state index < -0.39 is 0 Å². The van der Waals surface area contributed by atoms with Gasteiger partial charge in [0.25, 0.3) is 0 Å². The summed E-state index contributed by atoms with van der Waals surface area (Å²) in [6.07, 6.45) is 3.22. The molecule has 0 saturated heterocycles. The maximum absolute atomic E-state index is 12.3. The quantitative estimate of drug-likeness (QED) is 0.563. The number of hydrogen-bond acceptors (Lipinski definition) is 3. The Hall–Kier alpha value is -1.81. The van der Waals surface area contributed by atoms with Crippen LogP contribution in [0.1, 0.15) is 15.9 Å². The number of hydrogen-bond donors (Lipinski definition) is 1. The lowest BCUT2D eigenvalue weighted by atomic mass is 10.1. The van der Waals surface area contributed by atoms with E-state index in [0.29, 0.717) is 15.6 Å². The fourth-order valence-electron chi connectivity index (χ4n) is 2.10. The average Bonchev–Trinajstić information content (AvgIpc) is 2.54. The zero-order chi connectivity index (χ0) is 17.5. The van der Waals surface area contributed by atoms with Gasteiger partial charge in [0.2, 0.25) is 0 Å². The number of nitrogens with zero attached hydrogens (tertiary/aromatic N) is 1. The van der Waals surface area contributed by atoms with Gasteiger partial charge in [-0.15, -0.1) is 0 Å². The van der Waals surface area contributed by atoms with E-state index in [1.165, 1.54) is 6.08 Å². The van der Waals surface area contributed by atoms with Crippen LogP contribution in [0.5, 0.6) is 0 Å². The smallest absolute Gasteiger partial charge is 0.185 e. The van der Waals surface area contributed by atoms with Crippen molar-refractivity contribution in [3.8, 4) is 0 Å². The molecular weight excluding hydrogens is 343 g/mol. The minimum absolute atomic E-state index is 0.0720. The highest BCUT2D eigenvalue weighted by atomic mass is 35.5. The summed E-state index contributed by atoms with van der Waals surface area (Å²) in [5, 5.41) is 4.40. The first-order valence-electron chi connectivity index (χ1n) is 7.62. The van der Waals surface area contributed by atoms with E-state index in [0.717, 1.165) is 24.3 Å². The molecule has 0 heterocycles. The fourth-order valence-corrected chi connectivity index (χ4v) is 2.58. The van der Waals surface area contributed by atoms with Gasteiger partial charge in [0.15, 0.2) is 5.78 Å². The Kier molecular flexibility index (Phi) is 6.85. The number of rotatable bonds is 7. The van der Waals surface area contributed by atoms with Crippen molar-refractivity contribution in [2.75, 3.05) is 32.5 Å². The van der Waals surface area contributed by atoms with Crippen LogP contribution in [-0.2, 0) is 0 Å². The minimum atomic E-state index is -0.0720. The number of nitrogens with one attached hydrogen (secondary N) is 1. The van der Waals surface area contributed by atoms with Gasteiger partial charge in [-0.3, -0.25) is 4.79 Å². The largest absolute Gasteiger partial charge is 0.384 e. The van der Waals surface area contributed by atoms with E-state index in [1.54, 1.807) is 30.3 Å². The van der Waals surface area contributed by atoms with Gasteiger partial charge in [-0.2, -0.15) is 0 Å². The molecule has 0 saturated carbocycles. The molecule has 0 amide bonds. The van der Waals surface area contributed by atoms with Gasteiger partial charge in [0.1, 0.15) is 0 Å². The van der Waals surface area contributed by atoms with Crippen LogP contribution >= 0.6 is 23.2 Å². The summed E-state index contributed by atoms with van der Waals surface area (Å²) in [5.74, 6) is -0.0720. The van der Waals surface area contributed by atoms with Crippen LogP contribution in [0, 0.1) is 0 Å². The molecule has 0 aliphatic rings. The maximum Gasteiger partial charge on any atom is 0.185 e. The highest BCUT2D eigenvalue weighted by Gasteiger charge is 2.04. The topological polar surface area (TPSA) is 32.3 Å². The van der Waals surface area contributed by atoms with E-state index in [2.05, 4.69) is 10.2 Å². The molecular formula is C19H20Cl2N2O. The van der Waals surface area contributed by atoms with Crippen molar-refractivity contribution < 1.29 is 4.79 Å². The predicted molar refractivity (Wildman–Crippen MR) is 103 cm³/mol. The van der Waals surface area contributed by atoms with Crippen molar-refractivity contribution in [2.24, 2.45) is 0 Å². The summed E-state index contributed by atoms with van der Waals surface area (Å²) in [5.41, 5.74) is 2.32. The van der Waals surface area contributed by atoms with Crippen LogP contribution < -0.4 is 5.32 Å². The van der Waals surface area contributed by atoms with Crippen molar-refractivity contribution in [1.82, 2.24) is 4.90 Å². The van der Waals surface area contributed by atoms with E-state index >= 15 is 0 Å². The molecule has 24 heavy (non-hydrogen) atoms. The van der Waals surface area contributed by atoms with Gasteiger partial charge in [-0.1, -0.05) is 41.4 Å². The molecule has 0 aliphatic carbocycles. The minimum Gasteiger partial charge on any atom is -0.384 e. The third-order valence-corrected chi connectivity index (χ3v) is 3.97. The van der Waals surface area contributed by atoms with Crippen molar-refractivity contribution in [1.29, 1.82) is 0 Å². The first-order valence-corrected chi connectivity index (χ1v) is 8.37. The molecule has 0 aromatic heterocycles. The number of halogens is 2. The molecule has 0 bridgehead atoms. The molecule has 126 valence electrons. The van der Waals surface area contributed by atoms with E-state index in [4.69, 9.17) is 23.2 Å². The van der Waals surface area contributed by atoms with Crippen LogP contribution in [0.4, 0.5) is 5.69 Å². The van der Waals surface area contributed by atoms with Crippen LogP contribution in [0.25, 0.3) is 6.08 Å². The fraction of sp³-hybridized carbons (Fsp3) is 0.211. The second-order valence-electron chi connectivity index (χ2n) is 5.67. The van der Waals surface area contributed by atoms with Gasteiger partial charge >= 0.3 is 0 Å². The number of anilines is 1. The molecule has 0 spiro atoms. The Morgan fingerprint density at radius 2 is 1.96 bits per heavy atom. The number of ketones is 1. The molecule has 0 aliphatic heterocycles. The highest BCUT2D eigenvalue weighted by molar-refractivity contribution is 6.35. The molecule has 3 nitrogen and oxygen atoms in total. The zero-order valence-electron chi connectivity index (χ0n) is 13.7. The molecule has 2 aromatic rings. The number of allylic oxidation sites excluding steroid dienone is 1. The average molecular weight is 363 g/mol. The third-order valence-electron chi connectivity index (χ3n) is 3.41. The van der Waals surface area contributed by atoms with Gasteiger partial charge in [0, 0.05) is 34.4 Å². The number of carbonyl (C=O) groups is 1. The van der Waals surface area contributed by atoms with Crippen molar-refractivity contribution in [3.63, 3.8) is 0 Å². The van der Waals surface area contributed by atoms with E-state index in [1.807, 2.05) is 32.3 Å². The lowest BCUT2D eigenvalue weighted by molar-refractivity contribution is 0.104. The first-order chi connectivity index (χ1) is 11.5. The van der Waals surface area contributed by atoms with Crippen LogP contribution in [-0.4, -0.2) is 37.9 Å². The molecule has 0 atom stereocenters. The third kappa shape index (κ3) is 5.68. The summed E-state index contributed by atoms with van der Waals surface area (Å²) in [4.78, 5) is 14.4. The Labute approximate surface area is 152 Å². The molecule has 0 radical (unpaired) electrons. The Balaban J connectivity index is 2.05. The second-order valence-corrected chi connectivity index (χ2v) is 6.52. The van der Waals surface area contributed by atoms with Gasteiger partial charge in [-0.25, -0.2) is 0 Å². The normalized spacial score (nSPS) is 11.2. The SMILES string of the molecule is CN(C)CCNc1cccc(C(=O)/C=C/c2ccc(Cl)cc2Cl)c1. The van der Waals surface area contributed by atoms with Crippen molar-refractivity contribution in [3.05, 3.63) is 69.7 Å². The van der Waals surface area contributed by atoms with Crippen molar-refractivity contribution >= 4 is 40.7 Å². The Bertz CT molecular complexity index is 742. The molecule has 0 unspecified atom stereocenters. The number of carbonyl (C=O) groups excluding carboxylic acids is 1. The zero-order valence-corrected chi connectivity index (χ0v) is 15.2. The summed E-state index contributed by atoms with van der Waals surface area (Å²) in [7, 11) is 4.04. The molecule has 0 fully saturated rings. The summed E-state index contributed by atoms with van der Waals surface area (Å²) >= 11 is 12.0. The summed E-state index contributed by atoms with van der Waals surface area (Å²) < 4.78 is 0. The van der Waals surface area contributed by atoms with Gasteiger partial charge < -0.3 is 10.2 Å². The monoisotopic (exact) mass is 362 g/mol. The maximum atomic E-state index is 12.3. The number of likely N-dealkylation sites (N-methyl/N-ethyl adjacent to an activating group) is 1. The lowest BCUT2D eigenvalue weighted by Gasteiger charge is -2.11. The predicted octanol–water partition coefficient (Wildman–Crippen LogP) is 4.86. The van der Waals surface area contributed by atoms with E-state index in [-0.39, 0.29) is 5.78 Å². The van der Waals surface area contributed by atoms with Crippen molar-refractivity contribution in [2.45, 2.75) is 0 Å². The standard InChI is InChI=1S/C19H20Cl2N2O/c1-23(2)11-10-22-17-5-3-4-15(12-17)19(24)9-7-14-6-8-16(20)13-18(14)21/h3-9,12-13,22H,10-11H2,1-2H3/b9-7+. The van der Waals surface area contributed by atoms with Gasteiger partial charge in [-0.05, 0) is 56.1 Å². The summed E-state index contributed by atoms with van der Waals surface area (Å²) in [6, 6.07) is 12.7. The van der Waals surface area contributed by atoms with E-state index in [9.17, 15) is 4.79 Å². The Morgan fingerprint density at radius 1 is 1.17 bits per heavy atom. The number of benzene rings is 2. The van der Waals surface area contributed by atoms with Gasteiger partial charge in [0.05, 0.1) is 0 Å². The molecule has 2 aromatic carbocycles.